The number of rotatable bonds is 5. The zero-order valence-electron chi connectivity index (χ0n) is 15.7. The van der Waals surface area contributed by atoms with Crippen molar-refractivity contribution in [1.82, 2.24) is 19.7 Å². The van der Waals surface area contributed by atoms with Gasteiger partial charge in [-0.25, -0.2) is 19.0 Å². The zero-order valence-corrected chi connectivity index (χ0v) is 16.6. The van der Waals surface area contributed by atoms with Crippen LogP contribution in [0.3, 0.4) is 0 Å². The number of Topliss-reactive ketones (excluding diaryl/α,β-unsaturated/α-hetero) is 1. The monoisotopic (exact) mass is 410 g/mol. The van der Waals surface area contributed by atoms with Gasteiger partial charge in [-0.1, -0.05) is 17.8 Å². The molecule has 0 amide bonds. The minimum Gasteiger partial charge on any atom is -0.379 e. The van der Waals surface area contributed by atoms with Gasteiger partial charge in [0.15, 0.2) is 16.8 Å². The van der Waals surface area contributed by atoms with Gasteiger partial charge in [-0.3, -0.25) is 9.79 Å². The summed E-state index contributed by atoms with van der Waals surface area (Å²) in [5.74, 6) is 0.742. The van der Waals surface area contributed by atoms with Crippen molar-refractivity contribution in [3.05, 3.63) is 71.7 Å². The number of carbonyl (C=O) groups excluding carboxylic acids is 1. The van der Waals surface area contributed by atoms with Crippen molar-refractivity contribution < 1.29 is 9.18 Å². The first-order valence-electron chi connectivity index (χ1n) is 9.07. The summed E-state index contributed by atoms with van der Waals surface area (Å²) in [6, 6.07) is 6.46. The molecule has 0 spiro atoms. The van der Waals surface area contributed by atoms with Crippen LogP contribution in [0.5, 0.6) is 0 Å². The molecule has 0 unspecified atom stereocenters. The topological polar surface area (TPSA) is 99.0 Å². The van der Waals surface area contributed by atoms with Gasteiger partial charge in [-0.2, -0.15) is 5.10 Å². The van der Waals surface area contributed by atoms with Crippen molar-refractivity contribution >= 4 is 22.7 Å². The summed E-state index contributed by atoms with van der Waals surface area (Å²) in [7, 11) is 0. The van der Waals surface area contributed by atoms with Crippen LogP contribution in [0.2, 0.25) is 0 Å². The van der Waals surface area contributed by atoms with E-state index in [4.69, 9.17) is 5.73 Å². The van der Waals surface area contributed by atoms with E-state index >= 15 is 0 Å². The Bertz CT molecular complexity index is 1070. The Morgan fingerprint density at radius 3 is 2.90 bits per heavy atom. The van der Waals surface area contributed by atoms with Gasteiger partial charge in [-0.15, -0.1) is 0 Å². The molecule has 0 radical (unpaired) electrons. The molecule has 1 atom stereocenters. The SMILES string of the molecule is C[C@@]1(c2cc(CC(=O)c3cnc(-n4cccn4)cn3)ccc2F)CCSC(N)=N1. The third-order valence-electron chi connectivity index (χ3n) is 4.83. The Balaban J connectivity index is 1.55. The molecule has 2 aromatic heterocycles. The molecule has 1 aliphatic rings. The van der Waals surface area contributed by atoms with E-state index in [1.807, 2.05) is 6.92 Å². The number of amidine groups is 1. The van der Waals surface area contributed by atoms with E-state index < -0.39 is 5.54 Å². The number of aromatic nitrogens is 4. The Hall–Kier alpha value is -3.07. The van der Waals surface area contributed by atoms with Crippen LogP contribution in [0.4, 0.5) is 4.39 Å². The maximum atomic E-state index is 14.5. The summed E-state index contributed by atoms with van der Waals surface area (Å²) < 4.78 is 16.1. The van der Waals surface area contributed by atoms with Crippen molar-refractivity contribution in [1.29, 1.82) is 0 Å². The molecule has 2 N–H and O–H groups in total. The van der Waals surface area contributed by atoms with Gasteiger partial charge in [0, 0.05) is 30.1 Å². The van der Waals surface area contributed by atoms with Crippen LogP contribution in [0.1, 0.15) is 35.0 Å². The summed E-state index contributed by atoms with van der Waals surface area (Å²) in [5.41, 5.74) is 6.51. The first-order valence-corrected chi connectivity index (χ1v) is 10.1. The minimum absolute atomic E-state index is 0.0904. The first-order chi connectivity index (χ1) is 13.9. The lowest BCUT2D eigenvalue weighted by Crippen LogP contribution is -2.29. The third kappa shape index (κ3) is 4.04. The second-order valence-corrected chi connectivity index (χ2v) is 8.06. The van der Waals surface area contributed by atoms with E-state index in [9.17, 15) is 9.18 Å². The van der Waals surface area contributed by atoms with Crippen molar-refractivity contribution in [2.45, 2.75) is 25.3 Å². The number of halogens is 1. The summed E-state index contributed by atoms with van der Waals surface area (Å²) in [5, 5.41) is 4.53. The second kappa shape index (κ2) is 7.75. The van der Waals surface area contributed by atoms with Crippen LogP contribution in [0.15, 0.2) is 54.0 Å². The third-order valence-corrected chi connectivity index (χ3v) is 5.63. The quantitative estimate of drug-likeness (QED) is 0.650. The standard InChI is InChI=1S/C20H19FN6OS/c1-20(5-8-29-19(22)26-20)14-9-13(3-4-15(14)21)10-17(28)16-11-24-18(12-23-16)27-7-2-6-25-27/h2-4,6-7,9,11-12H,5,8,10H2,1H3,(H2,22,26)/t20-/m0/s1. The lowest BCUT2D eigenvalue weighted by atomic mass is 9.87. The highest BCUT2D eigenvalue weighted by Crippen LogP contribution is 2.36. The van der Waals surface area contributed by atoms with Gasteiger partial charge in [0.25, 0.3) is 0 Å². The Kier molecular flexibility index (Phi) is 5.14. The van der Waals surface area contributed by atoms with Crippen molar-refractivity contribution in [3.8, 4) is 5.82 Å². The summed E-state index contributed by atoms with van der Waals surface area (Å²) in [6.07, 6.45) is 7.06. The molecule has 1 aliphatic heterocycles. The van der Waals surface area contributed by atoms with Gasteiger partial charge in [0.05, 0.1) is 17.9 Å². The molecule has 29 heavy (non-hydrogen) atoms. The van der Waals surface area contributed by atoms with Gasteiger partial charge >= 0.3 is 0 Å². The number of benzene rings is 1. The fraction of sp³-hybridized carbons (Fsp3) is 0.250. The number of carbonyl (C=O) groups is 1. The molecule has 0 fully saturated rings. The lowest BCUT2D eigenvalue weighted by Gasteiger charge is -2.30. The molecule has 3 aromatic rings. The summed E-state index contributed by atoms with van der Waals surface area (Å²) in [4.78, 5) is 25.5. The van der Waals surface area contributed by atoms with Crippen LogP contribution < -0.4 is 5.73 Å². The number of hydrogen-bond donors (Lipinski definition) is 1. The molecule has 3 heterocycles. The van der Waals surface area contributed by atoms with Gasteiger partial charge < -0.3 is 5.73 Å². The largest absolute Gasteiger partial charge is 0.379 e. The van der Waals surface area contributed by atoms with Crippen molar-refractivity contribution in [3.63, 3.8) is 0 Å². The Labute approximate surface area is 171 Å². The molecule has 4 rings (SSSR count). The number of nitrogens with zero attached hydrogens (tertiary/aromatic N) is 5. The number of ketones is 1. The smallest absolute Gasteiger partial charge is 0.187 e. The molecule has 0 aliphatic carbocycles. The maximum Gasteiger partial charge on any atom is 0.187 e. The highest BCUT2D eigenvalue weighted by molar-refractivity contribution is 8.13. The van der Waals surface area contributed by atoms with Gasteiger partial charge in [-0.05, 0) is 37.1 Å². The van der Waals surface area contributed by atoms with Crippen LogP contribution in [0.25, 0.3) is 5.82 Å². The minimum atomic E-state index is -0.732. The molecule has 148 valence electrons. The number of nitrogens with two attached hydrogens (primary N) is 1. The fourth-order valence-corrected chi connectivity index (χ4v) is 4.21. The normalized spacial score (nSPS) is 19.0. The van der Waals surface area contributed by atoms with E-state index in [-0.39, 0.29) is 23.7 Å². The maximum absolute atomic E-state index is 14.5. The van der Waals surface area contributed by atoms with E-state index in [0.717, 1.165) is 5.75 Å². The average molecular weight is 410 g/mol. The first kappa shape index (κ1) is 19.3. The van der Waals surface area contributed by atoms with E-state index in [0.29, 0.717) is 28.5 Å². The molecule has 0 saturated heterocycles. The van der Waals surface area contributed by atoms with E-state index in [2.05, 4.69) is 20.1 Å². The molecule has 0 saturated carbocycles. The molecular formula is C20H19FN6OS. The molecular weight excluding hydrogens is 391 g/mol. The number of aliphatic imine (C=N–C) groups is 1. The average Bonchev–Trinajstić information content (AvgIpc) is 3.24. The van der Waals surface area contributed by atoms with Crippen LogP contribution >= 0.6 is 11.8 Å². The Morgan fingerprint density at radius 1 is 1.34 bits per heavy atom. The van der Waals surface area contributed by atoms with Gasteiger partial charge in [0.1, 0.15) is 11.5 Å². The highest BCUT2D eigenvalue weighted by atomic mass is 32.2. The van der Waals surface area contributed by atoms with Crippen LogP contribution in [-0.2, 0) is 12.0 Å². The molecule has 7 nitrogen and oxygen atoms in total. The lowest BCUT2D eigenvalue weighted by molar-refractivity contribution is 0.0987. The van der Waals surface area contributed by atoms with Gasteiger partial charge in [0.2, 0.25) is 0 Å². The number of hydrogen-bond acceptors (Lipinski definition) is 7. The zero-order chi connectivity index (χ0) is 20.4. The predicted molar refractivity (Wildman–Crippen MR) is 110 cm³/mol. The Morgan fingerprint density at radius 2 is 2.21 bits per heavy atom. The fourth-order valence-electron chi connectivity index (χ4n) is 3.24. The van der Waals surface area contributed by atoms with E-state index in [1.54, 1.807) is 35.3 Å². The number of thioether (sulfide) groups is 1. The molecule has 1 aromatic carbocycles. The summed E-state index contributed by atoms with van der Waals surface area (Å²) >= 11 is 1.46. The highest BCUT2D eigenvalue weighted by Gasteiger charge is 2.32. The predicted octanol–water partition coefficient (Wildman–Crippen LogP) is 2.89. The van der Waals surface area contributed by atoms with Crippen molar-refractivity contribution in [2.24, 2.45) is 10.7 Å². The van der Waals surface area contributed by atoms with Crippen LogP contribution in [-0.4, -0.2) is 36.5 Å². The molecule has 0 bridgehead atoms. The van der Waals surface area contributed by atoms with Crippen LogP contribution in [0, 0.1) is 5.82 Å². The van der Waals surface area contributed by atoms with E-state index in [1.165, 1.54) is 30.2 Å². The second-order valence-electron chi connectivity index (χ2n) is 6.95. The molecule has 9 heteroatoms. The van der Waals surface area contributed by atoms with Crippen molar-refractivity contribution in [2.75, 3.05) is 5.75 Å². The summed E-state index contributed by atoms with van der Waals surface area (Å²) in [6.45, 7) is 1.86.